The molecule has 2 amide bonds. The summed E-state index contributed by atoms with van der Waals surface area (Å²) in [5, 5.41) is 11.4. The van der Waals surface area contributed by atoms with E-state index < -0.39 is 5.97 Å². The van der Waals surface area contributed by atoms with Crippen molar-refractivity contribution in [3.8, 4) is 5.75 Å². The third-order valence-corrected chi connectivity index (χ3v) is 3.02. The summed E-state index contributed by atoms with van der Waals surface area (Å²) >= 11 is 0. The minimum Gasteiger partial charge on any atom is -0.495 e. The van der Waals surface area contributed by atoms with E-state index in [1.165, 1.54) is 0 Å². The van der Waals surface area contributed by atoms with Crippen molar-refractivity contribution in [3.63, 3.8) is 0 Å². The third-order valence-electron chi connectivity index (χ3n) is 3.02. The first-order valence-corrected chi connectivity index (χ1v) is 6.06. The van der Waals surface area contributed by atoms with Crippen LogP contribution in [0.1, 0.15) is 12.0 Å². The lowest BCUT2D eigenvalue weighted by molar-refractivity contribution is -0.136. The largest absolute Gasteiger partial charge is 0.495 e. The fraction of sp³-hybridized carbons (Fsp3) is 0.385. The van der Waals surface area contributed by atoms with Crippen LogP contribution >= 0.6 is 0 Å². The van der Waals surface area contributed by atoms with Crippen molar-refractivity contribution in [3.05, 3.63) is 23.8 Å². The highest BCUT2D eigenvalue weighted by Crippen LogP contribution is 2.30. The summed E-state index contributed by atoms with van der Waals surface area (Å²) < 4.78 is 5.25. The third kappa shape index (κ3) is 2.96. The molecule has 2 N–H and O–H groups in total. The Hall–Kier alpha value is -2.24. The predicted molar refractivity (Wildman–Crippen MR) is 69.7 cm³/mol. The van der Waals surface area contributed by atoms with Crippen LogP contribution in [0.25, 0.3) is 0 Å². The Bertz CT molecular complexity index is 501. The molecule has 0 atom stereocenters. The lowest BCUT2D eigenvalue weighted by Crippen LogP contribution is -2.28. The number of nitrogens with one attached hydrogen (secondary N) is 1. The molecule has 6 nitrogen and oxygen atoms in total. The molecule has 1 aliphatic rings. The van der Waals surface area contributed by atoms with E-state index in [2.05, 4.69) is 5.32 Å². The molecule has 1 aromatic rings. The van der Waals surface area contributed by atoms with Gasteiger partial charge < -0.3 is 15.2 Å². The maximum atomic E-state index is 11.7. The smallest absolute Gasteiger partial charge is 0.322 e. The normalized spacial score (nSPS) is 14.4. The van der Waals surface area contributed by atoms with Crippen molar-refractivity contribution in [2.75, 3.05) is 25.1 Å². The first-order chi connectivity index (χ1) is 9.11. The number of rotatable bonds is 5. The van der Waals surface area contributed by atoms with Gasteiger partial charge in [0, 0.05) is 19.5 Å². The zero-order valence-electron chi connectivity index (χ0n) is 10.7. The molecule has 19 heavy (non-hydrogen) atoms. The van der Waals surface area contributed by atoms with E-state index in [4.69, 9.17) is 9.84 Å². The Morgan fingerprint density at radius 3 is 2.89 bits per heavy atom. The zero-order valence-corrected chi connectivity index (χ0v) is 10.7. The SMILES string of the molecule is COc1ccc(CCC(=O)O)cc1N1CCNC1=O. The second-order valence-corrected chi connectivity index (χ2v) is 4.28. The number of methoxy groups -OCH3 is 1. The number of aryl methyl sites for hydroxylation is 1. The van der Waals surface area contributed by atoms with Crippen LogP contribution in [0.3, 0.4) is 0 Å². The van der Waals surface area contributed by atoms with E-state index in [9.17, 15) is 9.59 Å². The Labute approximate surface area is 111 Å². The number of amides is 2. The standard InChI is InChI=1S/C13H16N2O4/c1-19-11-4-2-9(3-5-12(16)17)8-10(11)15-7-6-14-13(15)18/h2,4,8H,3,5-7H2,1H3,(H,14,18)(H,16,17). The Kier molecular flexibility index (Phi) is 3.89. The number of hydrogen-bond acceptors (Lipinski definition) is 3. The van der Waals surface area contributed by atoms with Crippen molar-refractivity contribution < 1.29 is 19.4 Å². The number of aliphatic carboxylic acids is 1. The number of carboxylic acid groups (broad SMARTS) is 1. The number of anilines is 1. The van der Waals surface area contributed by atoms with Gasteiger partial charge in [-0.25, -0.2) is 4.79 Å². The highest BCUT2D eigenvalue weighted by Gasteiger charge is 2.24. The molecule has 0 aliphatic carbocycles. The highest BCUT2D eigenvalue weighted by molar-refractivity contribution is 5.95. The molecule has 1 aromatic carbocycles. The van der Waals surface area contributed by atoms with Gasteiger partial charge in [-0.05, 0) is 24.1 Å². The minimum atomic E-state index is -0.837. The second-order valence-electron chi connectivity index (χ2n) is 4.28. The van der Waals surface area contributed by atoms with Crippen molar-refractivity contribution in [1.82, 2.24) is 5.32 Å². The van der Waals surface area contributed by atoms with Gasteiger partial charge in [-0.15, -0.1) is 0 Å². The van der Waals surface area contributed by atoms with Crippen LogP contribution < -0.4 is 15.0 Å². The van der Waals surface area contributed by atoms with E-state index in [0.717, 1.165) is 5.56 Å². The van der Waals surface area contributed by atoms with Crippen molar-refractivity contribution in [2.45, 2.75) is 12.8 Å². The van der Waals surface area contributed by atoms with Crippen LogP contribution in [0.15, 0.2) is 18.2 Å². The molecular weight excluding hydrogens is 248 g/mol. The molecule has 0 spiro atoms. The lowest BCUT2D eigenvalue weighted by Gasteiger charge is -2.18. The van der Waals surface area contributed by atoms with Crippen LogP contribution in [-0.2, 0) is 11.2 Å². The molecule has 0 bridgehead atoms. The van der Waals surface area contributed by atoms with Gasteiger partial charge in [0.2, 0.25) is 0 Å². The summed E-state index contributed by atoms with van der Waals surface area (Å²) in [6.45, 7) is 1.18. The van der Waals surface area contributed by atoms with E-state index >= 15 is 0 Å². The van der Waals surface area contributed by atoms with Gasteiger partial charge in [0.15, 0.2) is 0 Å². The van der Waals surface area contributed by atoms with Crippen LogP contribution in [0.2, 0.25) is 0 Å². The lowest BCUT2D eigenvalue weighted by atomic mass is 10.1. The van der Waals surface area contributed by atoms with Gasteiger partial charge in [-0.2, -0.15) is 0 Å². The molecule has 0 radical (unpaired) electrons. The van der Waals surface area contributed by atoms with Gasteiger partial charge in [0.1, 0.15) is 5.75 Å². The van der Waals surface area contributed by atoms with E-state index in [1.54, 1.807) is 18.1 Å². The summed E-state index contributed by atoms with van der Waals surface area (Å²) in [5.74, 6) is -0.229. The first kappa shape index (κ1) is 13.2. The number of ether oxygens (including phenoxy) is 1. The maximum Gasteiger partial charge on any atom is 0.322 e. The topological polar surface area (TPSA) is 78.9 Å². The Morgan fingerprint density at radius 2 is 2.32 bits per heavy atom. The van der Waals surface area contributed by atoms with Crippen LogP contribution in [-0.4, -0.2) is 37.3 Å². The average Bonchev–Trinajstić information content (AvgIpc) is 2.82. The second kappa shape index (κ2) is 5.60. The van der Waals surface area contributed by atoms with Gasteiger partial charge >= 0.3 is 12.0 Å². The first-order valence-electron chi connectivity index (χ1n) is 6.06. The van der Waals surface area contributed by atoms with Crippen molar-refractivity contribution in [2.24, 2.45) is 0 Å². The molecule has 1 heterocycles. The maximum absolute atomic E-state index is 11.7. The summed E-state index contributed by atoms with van der Waals surface area (Å²) in [4.78, 5) is 23.9. The predicted octanol–water partition coefficient (Wildman–Crippen LogP) is 1.24. The fourth-order valence-electron chi connectivity index (χ4n) is 2.05. The molecule has 102 valence electrons. The fourth-order valence-corrected chi connectivity index (χ4v) is 2.05. The number of nitrogens with zero attached hydrogens (tertiary/aromatic N) is 1. The summed E-state index contributed by atoms with van der Waals surface area (Å²) in [6.07, 6.45) is 0.500. The number of benzene rings is 1. The summed E-state index contributed by atoms with van der Waals surface area (Å²) in [7, 11) is 1.55. The Balaban J connectivity index is 2.25. The molecule has 1 saturated heterocycles. The molecule has 0 aromatic heterocycles. The minimum absolute atomic E-state index is 0.0674. The molecule has 1 aliphatic heterocycles. The number of hydrogen-bond donors (Lipinski definition) is 2. The zero-order chi connectivity index (χ0) is 13.8. The van der Waals surface area contributed by atoms with Gasteiger partial charge in [0.25, 0.3) is 0 Å². The molecule has 0 saturated carbocycles. The van der Waals surface area contributed by atoms with E-state index in [-0.39, 0.29) is 12.5 Å². The number of urea groups is 1. The molecule has 6 heteroatoms. The van der Waals surface area contributed by atoms with Crippen molar-refractivity contribution >= 4 is 17.7 Å². The molecular formula is C13H16N2O4. The molecule has 2 rings (SSSR count). The average molecular weight is 264 g/mol. The van der Waals surface area contributed by atoms with Gasteiger partial charge in [-0.1, -0.05) is 6.07 Å². The monoisotopic (exact) mass is 264 g/mol. The molecule has 1 fully saturated rings. The number of carboxylic acids is 1. The summed E-state index contributed by atoms with van der Waals surface area (Å²) in [6, 6.07) is 5.23. The molecule has 0 unspecified atom stereocenters. The van der Waals surface area contributed by atoms with Crippen LogP contribution in [0.5, 0.6) is 5.75 Å². The quantitative estimate of drug-likeness (QED) is 0.838. The van der Waals surface area contributed by atoms with Crippen LogP contribution in [0, 0.1) is 0 Å². The van der Waals surface area contributed by atoms with Gasteiger partial charge in [0.05, 0.1) is 12.8 Å². The van der Waals surface area contributed by atoms with Crippen LogP contribution in [0.4, 0.5) is 10.5 Å². The van der Waals surface area contributed by atoms with Gasteiger partial charge in [-0.3, -0.25) is 9.69 Å². The summed E-state index contributed by atoms with van der Waals surface area (Å²) in [5.41, 5.74) is 1.55. The highest BCUT2D eigenvalue weighted by atomic mass is 16.5. The van der Waals surface area contributed by atoms with Crippen molar-refractivity contribution in [1.29, 1.82) is 0 Å². The number of carbonyl (C=O) groups excluding carboxylic acids is 1. The van der Waals surface area contributed by atoms with E-state index in [1.807, 2.05) is 12.1 Å². The number of carbonyl (C=O) groups is 2. The Morgan fingerprint density at radius 1 is 1.53 bits per heavy atom. The van der Waals surface area contributed by atoms with E-state index in [0.29, 0.717) is 30.9 Å².